The smallest absolute Gasteiger partial charge is 0.314 e. The Kier molecular flexibility index (Phi) is 9.03. The molecule has 0 spiro atoms. The van der Waals surface area contributed by atoms with Gasteiger partial charge in [0.25, 0.3) is 0 Å². The molecule has 0 bridgehead atoms. The number of unbranched alkanes of at least 4 members (excludes halogenated alkanes) is 1. The van der Waals surface area contributed by atoms with Gasteiger partial charge in [0.2, 0.25) is 0 Å². The first-order valence-electron chi connectivity index (χ1n) is 7.56. The van der Waals surface area contributed by atoms with Crippen molar-refractivity contribution in [2.45, 2.75) is 64.7 Å². The van der Waals surface area contributed by atoms with Crippen LogP contribution in [-0.2, 0) is 13.0 Å². The van der Waals surface area contributed by atoms with E-state index in [9.17, 15) is 0 Å². The van der Waals surface area contributed by atoms with Gasteiger partial charge >= 0.3 is 8.56 Å². The van der Waals surface area contributed by atoms with Crippen LogP contribution in [0.3, 0.4) is 0 Å². The highest BCUT2D eigenvalue weighted by Crippen LogP contribution is 2.25. The van der Waals surface area contributed by atoms with Crippen LogP contribution in [0, 0.1) is 0 Å². The zero-order valence-electron chi connectivity index (χ0n) is 14.4. The van der Waals surface area contributed by atoms with Crippen molar-refractivity contribution in [3.8, 4) is 0 Å². The Morgan fingerprint density at radius 3 is 1.65 bits per heavy atom. The van der Waals surface area contributed by atoms with E-state index >= 15 is 0 Å². The predicted molar refractivity (Wildman–Crippen MR) is 92.4 cm³/mol. The maximum Gasteiger partial charge on any atom is 0.314 e. The second kappa shape index (κ2) is 8.82. The van der Waals surface area contributed by atoms with Crippen LogP contribution in [0.25, 0.3) is 0 Å². The lowest BCUT2D eigenvalue weighted by Crippen LogP contribution is -2.52. The van der Waals surface area contributed by atoms with Gasteiger partial charge < -0.3 is 18.1 Å². The van der Waals surface area contributed by atoms with Crippen molar-refractivity contribution in [1.29, 1.82) is 0 Å². The van der Waals surface area contributed by atoms with Crippen LogP contribution >= 0.6 is 0 Å². The summed E-state index contributed by atoms with van der Waals surface area (Å²) in [5, 5.41) is 8.66. The molecule has 0 aliphatic rings. The number of aliphatic hydroxyl groups excluding tert-OH is 1. The van der Waals surface area contributed by atoms with Crippen molar-refractivity contribution >= 4 is 25.2 Å². The topological polar surface area (TPSA) is 47.9 Å². The van der Waals surface area contributed by atoms with Crippen LogP contribution in [0.5, 0.6) is 0 Å². The van der Waals surface area contributed by atoms with Crippen molar-refractivity contribution in [2.75, 3.05) is 19.8 Å². The van der Waals surface area contributed by atoms with E-state index in [2.05, 4.69) is 45.8 Å². The predicted octanol–water partition coefficient (Wildman–Crippen LogP) is 3.55. The van der Waals surface area contributed by atoms with Crippen LogP contribution in [0.15, 0.2) is 0 Å². The quantitative estimate of drug-likeness (QED) is 0.462. The van der Waals surface area contributed by atoms with Gasteiger partial charge in [-0.2, -0.15) is 0 Å². The molecule has 0 rings (SSSR count). The number of rotatable bonds is 11. The second-order valence-corrected chi connectivity index (χ2v) is 20.2. The van der Waals surface area contributed by atoms with E-state index in [1.807, 2.05) is 0 Å². The van der Waals surface area contributed by atoms with Gasteiger partial charge in [-0.15, -0.1) is 0 Å². The normalized spacial score (nSPS) is 13.8. The van der Waals surface area contributed by atoms with Crippen molar-refractivity contribution in [1.82, 2.24) is 0 Å². The fourth-order valence-corrected chi connectivity index (χ4v) is 14.8. The van der Waals surface area contributed by atoms with E-state index in [4.69, 9.17) is 18.1 Å². The zero-order valence-corrected chi connectivity index (χ0v) is 17.4. The third-order valence-electron chi connectivity index (χ3n) is 2.45. The SMILES string of the molecule is C[Si](C)(C)O[Si](C)(CCCCOCCO)O[Si](C)(C)C. The van der Waals surface area contributed by atoms with E-state index in [0.29, 0.717) is 13.2 Å². The molecule has 122 valence electrons. The first kappa shape index (κ1) is 20.5. The minimum absolute atomic E-state index is 0.101. The minimum Gasteiger partial charge on any atom is -0.437 e. The van der Waals surface area contributed by atoms with Gasteiger partial charge in [-0.25, -0.2) is 0 Å². The molecule has 0 unspecified atom stereocenters. The lowest BCUT2D eigenvalue weighted by atomic mass is 10.4. The summed E-state index contributed by atoms with van der Waals surface area (Å²) in [4.78, 5) is 0. The molecule has 0 heterocycles. The summed E-state index contributed by atoms with van der Waals surface area (Å²) in [5.74, 6) is 0. The molecule has 0 radical (unpaired) electrons. The lowest BCUT2D eigenvalue weighted by Gasteiger charge is -2.38. The summed E-state index contributed by atoms with van der Waals surface area (Å²) in [6.45, 7) is 16.9. The van der Waals surface area contributed by atoms with E-state index < -0.39 is 25.2 Å². The molecule has 0 atom stereocenters. The van der Waals surface area contributed by atoms with E-state index in [1.54, 1.807) is 0 Å². The molecule has 0 amide bonds. The third-order valence-corrected chi connectivity index (χ3v) is 12.1. The van der Waals surface area contributed by atoms with Crippen molar-refractivity contribution < 1.29 is 18.1 Å². The molecule has 0 saturated carbocycles. The highest BCUT2D eigenvalue weighted by Gasteiger charge is 2.39. The van der Waals surface area contributed by atoms with Gasteiger partial charge in [0.15, 0.2) is 16.6 Å². The first-order chi connectivity index (χ1) is 8.97. The molecule has 0 saturated heterocycles. The second-order valence-electron chi connectivity index (χ2n) is 7.36. The first-order valence-corrected chi connectivity index (χ1v) is 16.9. The zero-order chi connectivity index (χ0) is 15.9. The monoisotopic (exact) mass is 338 g/mol. The summed E-state index contributed by atoms with van der Waals surface area (Å²) in [5.41, 5.74) is 0. The van der Waals surface area contributed by atoms with Crippen molar-refractivity contribution in [3.05, 3.63) is 0 Å². The molecule has 7 heteroatoms. The number of ether oxygens (including phenoxy) is 1. The maximum absolute atomic E-state index is 8.66. The highest BCUT2D eigenvalue weighted by atomic mass is 28.5. The van der Waals surface area contributed by atoms with E-state index in [0.717, 1.165) is 18.9 Å². The Hall–Kier alpha value is 0.491. The largest absolute Gasteiger partial charge is 0.437 e. The molecule has 0 fully saturated rings. The number of hydrogen-bond acceptors (Lipinski definition) is 4. The number of aliphatic hydroxyl groups is 1. The van der Waals surface area contributed by atoms with Crippen LogP contribution in [0.1, 0.15) is 12.8 Å². The molecule has 0 aromatic carbocycles. The maximum atomic E-state index is 8.66. The Balaban J connectivity index is 4.32. The minimum atomic E-state index is -2.07. The van der Waals surface area contributed by atoms with E-state index in [-0.39, 0.29) is 6.61 Å². The van der Waals surface area contributed by atoms with Crippen LogP contribution in [-0.4, -0.2) is 50.1 Å². The Morgan fingerprint density at radius 2 is 1.25 bits per heavy atom. The summed E-state index contributed by atoms with van der Waals surface area (Å²) >= 11 is 0. The van der Waals surface area contributed by atoms with Crippen LogP contribution in [0.4, 0.5) is 0 Å². The van der Waals surface area contributed by atoms with Crippen LogP contribution < -0.4 is 0 Å². The number of hydrogen-bond donors (Lipinski definition) is 1. The molecular formula is C13H34O4Si3. The molecule has 0 aromatic heterocycles. The average Bonchev–Trinajstić information content (AvgIpc) is 2.17. The molecule has 1 N–H and O–H groups in total. The van der Waals surface area contributed by atoms with Gasteiger partial charge in [-0.05, 0) is 64.7 Å². The van der Waals surface area contributed by atoms with Gasteiger partial charge in [-0.1, -0.05) is 0 Å². The molecule has 0 aliphatic carbocycles. The lowest BCUT2D eigenvalue weighted by molar-refractivity contribution is 0.0902. The van der Waals surface area contributed by atoms with Crippen molar-refractivity contribution in [2.24, 2.45) is 0 Å². The molecule has 4 nitrogen and oxygen atoms in total. The summed E-state index contributed by atoms with van der Waals surface area (Å²) in [7, 11) is -5.23. The van der Waals surface area contributed by atoms with Crippen molar-refractivity contribution in [3.63, 3.8) is 0 Å². The summed E-state index contributed by atoms with van der Waals surface area (Å²) in [6, 6.07) is 1.03. The Labute approximate surface area is 128 Å². The Morgan fingerprint density at radius 1 is 0.750 bits per heavy atom. The molecule has 0 aliphatic heterocycles. The highest BCUT2D eigenvalue weighted by molar-refractivity contribution is 6.87. The van der Waals surface area contributed by atoms with Crippen LogP contribution in [0.2, 0.25) is 51.9 Å². The summed E-state index contributed by atoms with van der Waals surface area (Å²) in [6.07, 6.45) is 2.08. The molecule has 0 aromatic rings. The van der Waals surface area contributed by atoms with Gasteiger partial charge in [0.05, 0.1) is 13.2 Å². The van der Waals surface area contributed by atoms with Gasteiger partial charge in [-0.3, -0.25) is 0 Å². The Bertz CT molecular complexity index is 245. The summed E-state index contributed by atoms with van der Waals surface area (Å²) < 4.78 is 18.2. The van der Waals surface area contributed by atoms with Gasteiger partial charge in [0.1, 0.15) is 0 Å². The fourth-order valence-electron chi connectivity index (χ4n) is 2.24. The van der Waals surface area contributed by atoms with E-state index in [1.165, 1.54) is 0 Å². The third kappa shape index (κ3) is 12.2. The average molecular weight is 339 g/mol. The molecule has 20 heavy (non-hydrogen) atoms. The fraction of sp³-hybridized carbons (Fsp3) is 1.00. The molecular weight excluding hydrogens is 304 g/mol. The standard InChI is InChI=1S/C13H34O4Si3/c1-18(2,3)16-20(7,17-19(4,5)6)13-9-8-11-15-12-10-14/h14H,8-13H2,1-7H3. The van der Waals surface area contributed by atoms with Gasteiger partial charge in [0, 0.05) is 6.61 Å².